The number of nitrogens with zero attached hydrogens (tertiary/aromatic N) is 1. The molecule has 0 radical (unpaired) electrons. The standard InChI is InChI=1S/C27H38FN3O.C7H16FN.C2H2/c1-22(9-5-6-15-28)14-18-32-27(20-29)19-26(21-30-3)25-12-10-24(11-13-25)23(2)31-16-7-4-8-17-31;1-3-4-5-7(8)6-9-2;1-2/h5-6,9-13,19,21,30H,2,4,7-8,14-18,20,29H2,1,3H3;7,9H,3-6H2,1-2H3;1-2H/b6-5-,22-9-,26-21+,27-19+;;. The third-order valence-corrected chi connectivity index (χ3v) is 6.79. The topological polar surface area (TPSA) is 62.6 Å². The Labute approximate surface area is 261 Å². The molecule has 0 aromatic heterocycles. The van der Waals surface area contributed by atoms with Crippen LogP contribution in [0, 0.1) is 12.8 Å². The second kappa shape index (κ2) is 26.3. The number of piperidine rings is 1. The van der Waals surface area contributed by atoms with Crippen LogP contribution in [0.15, 0.2) is 72.7 Å². The number of likely N-dealkylation sites (tertiary alicyclic amines) is 1. The molecule has 0 bridgehead atoms. The first-order valence-corrected chi connectivity index (χ1v) is 15.4. The zero-order valence-electron chi connectivity index (χ0n) is 27.0. The number of nitrogens with two attached hydrogens (primary N) is 1. The number of allylic oxidation sites excluding steroid dienone is 5. The summed E-state index contributed by atoms with van der Waals surface area (Å²) < 4.78 is 30.6. The largest absolute Gasteiger partial charge is 0.496 e. The molecule has 1 atom stereocenters. The molecular weight excluding hydrogens is 542 g/mol. The van der Waals surface area contributed by atoms with Gasteiger partial charge in [-0.05, 0) is 56.9 Å². The summed E-state index contributed by atoms with van der Waals surface area (Å²) in [4.78, 5) is 2.38. The fraction of sp³-hybridized carbons (Fsp3) is 0.500. The number of alkyl halides is 2. The highest BCUT2D eigenvalue weighted by Gasteiger charge is 2.13. The number of nitrogens with one attached hydrogen (secondary N) is 2. The fourth-order valence-electron chi connectivity index (χ4n) is 4.36. The second-order valence-corrected chi connectivity index (χ2v) is 10.3. The molecule has 1 heterocycles. The predicted molar refractivity (Wildman–Crippen MR) is 183 cm³/mol. The highest BCUT2D eigenvalue weighted by molar-refractivity contribution is 5.75. The van der Waals surface area contributed by atoms with Crippen LogP contribution in [0.5, 0.6) is 0 Å². The molecule has 1 aliphatic rings. The van der Waals surface area contributed by atoms with E-state index in [4.69, 9.17) is 10.5 Å². The first-order valence-electron chi connectivity index (χ1n) is 15.4. The van der Waals surface area contributed by atoms with E-state index in [0.717, 1.165) is 66.1 Å². The molecule has 240 valence electrons. The van der Waals surface area contributed by atoms with Gasteiger partial charge in [-0.25, -0.2) is 8.78 Å². The quantitative estimate of drug-likeness (QED) is 0.0991. The van der Waals surface area contributed by atoms with E-state index in [2.05, 4.69) is 66.1 Å². The second-order valence-electron chi connectivity index (χ2n) is 10.3. The number of rotatable bonds is 17. The van der Waals surface area contributed by atoms with Gasteiger partial charge in [-0.2, -0.15) is 0 Å². The normalized spacial score (nSPS) is 14.7. The third-order valence-electron chi connectivity index (χ3n) is 6.79. The van der Waals surface area contributed by atoms with E-state index in [0.29, 0.717) is 26.1 Å². The Bertz CT molecular complexity index is 1010. The highest BCUT2D eigenvalue weighted by Crippen LogP contribution is 2.25. The van der Waals surface area contributed by atoms with Crippen molar-refractivity contribution in [3.8, 4) is 12.8 Å². The molecule has 1 aromatic rings. The van der Waals surface area contributed by atoms with Crippen molar-refractivity contribution >= 4 is 11.3 Å². The third kappa shape index (κ3) is 18.0. The lowest BCUT2D eigenvalue weighted by atomic mass is 10.0. The molecule has 1 aliphatic heterocycles. The average Bonchev–Trinajstić information content (AvgIpc) is 3.04. The van der Waals surface area contributed by atoms with Crippen LogP contribution in [-0.2, 0) is 4.74 Å². The molecule has 0 saturated carbocycles. The minimum Gasteiger partial charge on any atom is -0.496 e. The molecule has 0 aliphatic carbocycles. The van der Waals surface area contributed by atoms with Crippen LogP contribution in [-0.4, -0.2) is 64.6 Å². The van der Waals surface area contributed by atoms with E-state index in [9.17, 15) is 8.78 Å². The van der Waals surface area contributed by atoms with Crippen LogP contribution in [0.3, 0.4) is 0 Å². The average molecular weight is 599 g/mol. The molecule has 5 nitrogen and oxygen atoms in total. The Hall–Kier alpha value is -3.34. The van der Waals surface area contributed by atoms with Crippen molar-refractivity contribution < 1.29 is 13.5 Å². The summed E-state index contributed by atoms with van der Waals surface area (Å²) in [6, 6.07) is 8.49. The molecule has 43 heavy (non-hydrogen) atoms. The number of terminal acetylenes is 1. The van der Waals surface area contributed by atoms with Crippen molar-refractivity contribution in [1.29, 1.82) is 0 Å². The predicted octanol–water partition coefficient (Wildman–Crippen LogP) is 7.41. The number of unbranched alkanes of at least 4 members (excludes halogenated alkanes) is 1. The number of ether oxygens (including phenoxy) is 1. The monoisotopic (exact) mass is 598 g/mol. The van der Waals surface area contributed by atoms with E-state index < -0.39 is 12.8 Å². The van der Waals surface area contributed by atoms with E-state index in [-0.39, 0.29) is 0 Å². The maximum atomic E-state index is 12.5. The minimum absolute atomic E-state index is 0.315. The van der Waals surface area contributed by atoms with Gasteiger partial charge >= 0.3 is 0 Å². The van der Waals surface area contributed by atoms with Crippen LogP contribution < -0.4 is 16.4 Å². The van der Waals surface area contributed by atoms with Crippen LogP contribution in [0.2, 0.25) is 0 Å². The molecule has 2 rings (SSSR count). The van der Waals surface area contributed by atoms with Crippen LogP contribution in [0.25, 0.3) is 11.3 Å². The van der Waals surface area contributed by atoms with Crippen LogP contribution >= 0.6 is 0 Å². The first-order chi connectivity index (χ1) is 20.9. The molecule has 7 heteroatoms. The molecule has 1 unspecified atom stereocenters. The van der Waals surface area contributed by atoms with Gasteiger partial charge in [-0.1, -0.05) is 74.4 Å². The van der Waals surface area contributed by atoms with Crippen molar-refractivity contribution in [3.05, 3.63) is 83.8 Å². The minimum atomic E-state index is -0.644. The van der Waals surface area contributed by atoms with E-state index >= 15 is 0 Å². The lowest BCUT2D eigenvalue weighted by molar-refractivity contribution is 0.213. The van der Waals surface area contributed by atoms with Gasteiger partial charge in [0.1, 0.15) is 18.6 Å². The molecule has 1 saturated heterocycles. The molecular formula is C36H56F2N4O. The van der Waals surface area contributed by atoms with Gasteiger partial charge in [0.2, 0.25) is 0 Å². The summed E-state index contributed by atoms with van der Waals surface area (Å²) in [5.74, 6) is 0.723. The SMILES string of the molecule is C#C.C=C(c1ccc(C(/C=C(\CN)OCC/C(C)=C\C=C/CF)=C/NC)cc1)N1CCCCC1.CCCCC(F)CNC. The smallest absolute Gasteiger partial charge is 0.112 e. The van der Waals surface area contributed by atoms with Gasteiger partial charge in [-0.15, -0.1) is 12.8 Å². The van der Waals surface area contributed by atoms with Gasteiger partial charge < -0.3 is 26.0 Å². The molecule has 4 N–H and O–H groups in total. The molecule has 1 aromatic carbocycles. The van der Waals surface area contributed by atoms with Gasteiger partial charge in [-0.3, -0.25) is 0 Å². The van der Waals surface area contributed by atoms with Crippen molar-refractivity contribution in [3.63, 3.8) is 0 Å². The van der Waals surface area contributed by atoms with Gasteiger partial charge in [0.05, 0.1) is 13.2 Å². The summed E-state index contributed by atoms with van der Waals surface area (Å²) in [6.07, 6.45) is 23.7. The summed E-state index contributed by atoms with van der Waals surface area (Å²) in [5, 5.41) is 5.91. The Morgan fingerprint density at radius 1 is 1.14 bits per heavy atom. The number of hydrogen-bond donors (Lipinski definition) is 3. The lowest BCUT2D eigenvalue weighted by Gasteiger charge is -2.30. The fourth-order valence-corrected chi connectivity index (χ4v) is 4.36. The van der Waals surface area contributed by atoms with Crippen LogP contribution in [0.4, 0.5) is 8.78 Å². The Kier molecular flexibility index (Phi) is 24.3. The molecule has 0 amide bonds. The van der Waals surface area contributed by atoms with Crippen molar-refractivity contribution in [2.45, 2.75) is 65.0 Å². The number of benzene rings is 1. The zero-order chi connectivity index (χ0) is 32.3. The van der Waals surface area contributed by atoms with Gasteiger partial charge in [0.25, 0.3) is 0 Å². The number of hydrogen-bond acceptors (Lipinski definition) is 5. The Morgan fingerprint density at radius 2 is 1.79 bits per heavy atom. The van der Waals surface area contributed by atoms with Crippen molar-refractivity contribution in [2.75, 3.05) is 53.6 Å². The summed E-state index contributed by atoms with van der Waals surface area (Å²) in [6.45, 7) is 11.5. The summed E-state index contributed by atoms with van der Waals surface area (Å²) >= 11 is 0. The Balaban J connectivity index is 0.00000137. The zero-order valence-corrected chi connectivity index (χ0v) is 27.0. The van der Waals surface area contributed by atoms with E-state index in [1.807, 2.05) is 32.3 Å². The van der Waals surface area contributed by atoms with E-state index in [1.54, 1.807) is 13.1 Å². The molecule has 0 spiro atoms. The number of halogens is 2. The Morgan fingerprint density at radius 3 is 2.35 bits per heavy atom. The maximum absolute atomic E-state index is 12.5. The maximum Gasteiger partial charge on any atom is 0.112 e. The van der Waals surface area contributed by atoms with Crippen LogP contribution in [0.1, 0.15) is 69.9 Å². The van der Waals surface area contributed by atoms with Crippen molar-refractivity contribution in [2.24, 2.45) is 5.73 Å². The first kappa shape index (κ1) is 39.7. The highest BCUT2D eigenvalue weighted by atomic mass is 19.1. The van der Waals surface area contributed by atoms with E-state index in [1.165, 1.54) is 25.3 Å². The lowest BCUT2D eigenvalue weighted by Crippen LogP contribution is -2.27. The van der Waals surface area contributed by atoms with Gasteiger partial charge in [0, 0.05) is 50.6 Å². The molecule has 1 fully saturated rings. The summed E-state index contributed by atoms with van der Waals surface area (Å²) in [5.41, 5.74) is 11.4. The van der Waals surface area contributed by atoms with Gasteiger partial charge in [0.15, 0.2) is 0 Å². The summed E-state index contributed by atoms with van der Waals surface area (Å²) in [7, 11) is 3.65. The van der Waals surface area contributed by atoms with Crippen molar-refractivity contribution in [1.82, 2.24) is 15.5 Å².